The molecule has 98 valence electrons. The third-order valence-corrected chi connectivity index (χ3v) is 4.21. The molecule has 3 unspecified atom stereocenters. The molecule has 0 saturated heterocycles. The van der Waals surface area contributed by atoms with Gasteiger partial charge in [0.1, 0.15) is 0 Å². The van der Waals surface area contributed by atoms with E-state index in [0.29, 0.717) is 17.5 Å². The molecule has 3 atom stereocenters. The minimum absolute atomic E-state index is 0.188. The number of aryl methyl sites for hydroxylation is 1. The Kier molecular flexibility index (Phi) is 3.55. The average molecular weight is 248 g/mol. The lowest BCUT2D eigenvalue weighted by Crippen LogP contribution is -2.23. The number of nitro benzene ring substituents is 1. The first kappa shape index (κ1) is 12.9. The Bertz CT molecular complexity index is 459. The van der Waals surface area contributed by atoms with Gasteiger partial charge in [0, 0.05) is 23.4 Å². The third-order valence-electron chi connectivity index (χ3n) is 4.21. The highest BCUT2D eigenvalue weighted by molar-refractivity contribution is 5.54. The first-order valence-electron chi connectivity index (χ1n) is 6.50. The molecule has 1 N–H and O–H groups in total. The summed E-state index contributed by atoms with van der Waals surface area (Å²) in [6, 6.07) is 5.75. The molecule has 0 bridgehead atoms. The van der Waals surface area contributed by atoms with Crippen LogP contribution in [0.1, 0.15) is 32.3 Å². The van der Waals surface area contributed by atoms with E-state index < -0.39 is 0 Å². The van der Waals surface area contributed by atoms with Gasteiger partial charge in [-0.05, 0) is 43.7 Å². The van der Waals surface area contributed by atoms with Crippen molar-refractivity contribution in [2.45, 2.75) is 39.7 Å². The van der Waals surface area contributed by atoms with Gasteiger partial charge in [0.05, 0.1) is 4.92 Å². The lowest BCUT2D eigenvalue weighted by molar-refractivity contribution is -0.385. The van der Waals surface area contributed by atoms with Crippen LogP contribution in [0.15, 0.2) is 18.2 Å². The molecule has 0 aliphatic heterocycles. The predicted molar refractivity (Wildman–Crippen MR) is 72.8 cm³/mol. The van der Waals surface area contributed by atoms with Crippen LogP contribution in [0.25, 0.3) is 0 Å². The summed E-state index contributed by atoms with van der Waals surface area (Å²) in [7, 11) is 0. The maximum Gasteiger partial charge on any atom is 0.272 e. The van der Waals surface area contributed by atoms with Crippen molar-refractivity contribution >= 4 is 11.4 Å². The van der Waals surface area contributed by atoms with Gasteiger partial charge in [-0.15, -0.1) is 0 Å². The minimum Gasteiger partial charge on any atom is -0.382 e. The Labute approximate surface area is 108 Å². The first-order valence-corrected chi connectivity index (χ1v) is 6.50. The molecule has 1 saturated carbocycles. The van der Waals surface area contributed by atoms with Gasteiger partial charge in [-0.25, -0.2) is 0 Å². The van der Waals surface area contributed by atoms with E-state index in [9.17, 15) is 10.1 Å². The normalized spacial score (nSPS) is 27.2. The van der Waals surface area contributed by atoms with E-state index in [1.54, 1.807) is 19.1 Å². The molecule has 0 radical (unpaired) electrons. The van der Waals surface area contributed by atoms with E-state index in [1.165, 1.54) is 12.8 Å². The zero-order chi connectivity index (χ0) is 13.3. The zero-order valence-corrected chi connectivity index (χ0v) is 11.1. The summed E-state index contributed by atoms with van der Waals surface area (Å²) >= 11 is 0. The number of hydrogen-bond acceptors (Lipinski definition) is 3. The summed E-state index contributed by atoms with van der Waals surface area (Å²) in [5.74, 6) is 1.40. The number of nitrogens with zero attached hydrogens (tertiary/aromatic N) is 1. The van der Waals surface area contributed by atoms with Crippen molar-refractivity contribution in [3.63, 3.8) is 0 Å². The molecule has 1 fully saturated rings. The summed E-state index contributed by atoms with van der Waals surface area (Å²) in [6.45, 7) is 6.34. The maximum atomic E-state index is 10.8. The largest absolute Gasteiger partial charge is 0.382 e. The molecule has 0 amide bonds. The first-order chi connectivity index (χ1) is 8.49. The number of hydrogen-bond donors (Lipinski definition) is 1. The van der Waals surface area contributed by atoms with Crippen molar-refractivity contribution in [2.75, 3.05) is 5.32 Å². The van der Waals surface area contributed by atoms with E-state index >= 15 is 0 Å². The van der Waals surface area contributed by atoms with Crippen LogP contribution in [-0.2, 0) is 0 Å². The van der Waals surface area contributed by atoms with Crippen LogP contribution >= 0.6 is 0 Å². The highest BCUT2D eigenvalue weighted by Crippen LogP contribution is 2.33. The van der Waals surface area contributed by atoms with Crippen molar-refractivity contribution in [1.29, 1.82) is 0 Å². The standard InChI is InChI=1S/C14H20N2O2/c1-9-4-6-13(11(9)3)15-12-5-7-14(16(17)18)10(2)8-12/h5,7-9,11,13,15H,4,6H2,1-3H3. The van der Waals surface area contributed by atoms with E-state index in [1.807, 2.05) is 6.07 Å². The van der Waals surface area contributed by atoms with Crippen molar-refractivity contribution in [2.24, 2.45) is 11.8 Å². The smallest absolute Gasteiger partial charge is 0.272 e. The summed E-state index contributed by atoms with van der Waals surface area (Å²) in [6.07, 6.45) is 2.43. The molecular weight excluding hydrogens is 228 g/mol. The predicted octanol–water partition coefficient (Wildman–Crippen LogP) is 3.75. The summed E-state index contributed by atoms with van der Waals surface area (Å²) < 4.78 is 0. The van der Waals surface area contributed by atoms with Crippen LogP contribution in [-0.4, -0.2) is 11.0 Å². The highest BCUT2D eigenvalue weighted by Gasteiger charge is 2.29. The van der Waals surface area contributed by atoms with Crippen LogP contribution in [0.5, 0.6) is 0 Å². The minimum atomic E-state index is -0.334. The van der Waals surface area contributed by atoms with Crippen LogP contribution in [0, 0.1) is 28.9 Å². The van der Waals surface area contributed by atoms with Crippen LogP contribution in [0.2, 0.25) is 0 Å². The van der Waals surface area contributed by atoms with Gasteiger partial charge in [-0.3, -0.25) is 10.1 Å². The fourth-order valence-electron chi connectivity index (χ4n) is 2.73. The summed E-state index contributed by atoms with van der Waals surface area (Å²) in [4.78, 5) is 10.4. The van der Waals surface area contributed by atoms with Crippen LogP contribution < -0.4 is 5.32 Å². The average Bonchev–Trinajstić information content (AvgIpc) is 2.61. The number of nitrogens with one attached hydrogen (secondary N) is 1. The van der Waals surface area contributed by atoms with E-state index in [2.05, 4.69) is 19.2 Å². The van der Waals surface area contributed by atoms with Crippen molar-refractivity contribution in [3.8, 4) is 0 Å². The second kappa shape index (κ2) is 4.96. The lowest BCUT2D eigenvalue weighted by atomic mass is 9.97. The molecule has 4 heteroatoms. The monoisotopic (exact) mass is 248 g/mol. The molecular formula is C14H20N2O2. The Morgan fingerprint density at radius 2 is 2.06 bits per heavy atom. The van der Waals surface area contributed by atoms with E-state index in [-0.39, 0.29) is 10.6 Å². The Morgan fingerprint density at radius 3 is 2.56 bits per heavy atom. The molecule has 0 aromatic heterocycles. The lowest BCUT2D eigenvalue weighted by Gasteiger charge is -2.21. The summed E-state index contributed by atoms with van der Waals surface area (Å²) in [5.41, 5.74) is 1.89. The van der Waals surface area contributed by atoms with Gasteiger partial charge >= 0.3 is 0 Å². The quantitative estimate of drug-likeness (QED) is 0.654. The van der Waals surface area contributed by atoms with Crippen LogP contribution in [0.3, 0.4) is 0 Å². The fraction of sp³-hybridized carbons (Fsp3) is 0.571. The highest BCUT2D eigenvalue weighted by atomic mass is 16.6. The number of anilines is 1. The molecule has 0 heterocycles. The molecule has 1 aliphatic rings. The molecule has 4 nitrogen and oxygen atoms in total. The zero-order valence-electron chi connectivity index (χ0n) is 11.1. The van der Waals surface area contributed by atoms with E-state index in [4.69, 9.17) is 0 Å². The number of nitro groups is 1. The number of benzene rings is 1. The fourth-order valence-corrected chi connectivity index (χ4v) is 2.73. The van der Waals surface area contributed by atoms with Crippen molar-refractivity contribution < 1.29 is 4.92 Å². The third kappa shape index (κ3) is 2.47. The second-order valence-corrected chi connectivity index (χ2v) is 5.42. The molecule has 0 spiro atoms. The maximum absolute atomic E-state index is 10.8. The van der Waals surface area contributed by atoms with Gasteiger partial charge in [0.15, 0.2) is 0 Å². The Morgan fingerprint density at radius 1 is 1.33 bits per heavy atom. The van der Waals surface area contributed by atoms with Gasteiger partial charge in [0.2, 0.25) is 0 Å². The SMILES string of the molecule is Cc1cc(NC2CCC(C)C2C)ccc1[N+](=O)[O-]. The molecule has 1 aliphatic carbocycles. The molecule has 2 rings (SSSR count). The van der Waals surface area contributed by atoms with Crippen LogP contribution in [0.4, 0.5) is 11.4 Å². The molecule has 18 heavy (non-hydrogen) atoms. The van der Waals surface area contributed by atoms with Gasteiger partial charge in [-0.1, -0.05) is 13.8 Å². The van der Waals surface area contributed by atoms with Gasteiger partial charge in [0.25, 0.3) is 5.69 Å². The second-order valence-electron chi connectivity index (χ2n) is 5.42. The van der Waals surface area contributed by atoms with Crippen molar-refractivity contribution in [3.05, 3.63) is 33.9 Å². The molecule has 1 aromatic carbocycles. The van der Waals surface area contributed by atoms with Gasteiger partial charge < -0.3 is 5.32 Å². The van der Waals surface area contributed by atoms with E-state index in [0.717, 1.165) is 11.6 Å². The topological polar surface area (TPSA) is 55.2 Å². The summed E-state index contributed by atoms with van der Waals surface area (Å²) in [5, 5.41) is 14.3. The van der Waals surface area contributed by atoms with Crippen molar-refractivity contribution in [1.82, 2.24) is 0 Å². The van der Waals surface area contributed by atoms with Gasteiger partial charge in [-0.2, -0.15) is 0 Å². The Balaban J connectivity index is 2.11. The molecule has 1 aromatic rings. The number of rotatable bonds is 3. The Hall–Kier alpha value is -1.58.